The summed E-state index contributed by atoms with van der Waals surface area (Å²) in [5.41, 5.74) is 3.14. The molecule has 1 heterocycles. The average molecular weight is 270 g/mol. The number of aliphatic hydroxyl groups is 1. The predicted octanol–water partition coefficient (Wildman–Crippen LogP) is 3.40. The van der Waals surface area contributed by atoms with Crippen LogP contribution in [0.15, 0.2) is 48.5 Å². The van der Waals surface area contributed by atoms with Crippen molar-refractivity contribution in [2.45, 2.75) is 13.2 Å². The number of aliphatic hydroxyl groups excluding tert-OH is 1. The number of fused-ring (bicyclic) bond motifs is 1. The second-order valence-electron chi connectivity index (χ2n) is 4.31. The molecule has 0 saturated heterocycles. The molecule has 19 heavy (non-hydrogen) atoms. The minimum Gasteiger partial charge on any atom is -0.392 e. The number of para-hydroxylation sites is 1. The molecule has 0 fully saturated rings. The molecular formula is C15H14N2OS. The van der Waals surface area contributed by atoms with Crippen molar-refractivity contribution in [2.24, 2.45) is 0 Å². The van der Waals surface area contributed by atoms with Gasteiger partial charge in [0.25, 0.3) is 0 Å². The standard InChI is InChI=1S/C15H14N2OS/c18-10-12-7-5-11(6-8-12)9-16-15-17-13-3-1-2-4-14(13)19-15/h1-8,18H,9-10H2,(H,16,17). The molecule has 3 aromatic rings. The summed E-state index contributed by atoms with van der Waals surface area (Å²) in [4.78, 5) is 4.53. The van der Waals surface area contributed by atoms with E-state index in [4.69, 9.17) is 5.11 Å². The Morgan fingerprint density at radius 3 is 2.47 bits per heavy atom. The summed E-state index contributed by atoms with van der Waals surface area (Å²) in [6, 6.07) is 16.0. The fourth-order valence-electron chi connectivity index (χ4n) is 1.89. The van der Waals surface area contributed by atoms with Crippen LogP contribution in [-0.2, 0) is 13.2 Å². The van der Waals surface area contributed by atoms with Crippen molar-refractivity contribution in [1.29, 1.82) is 0 Å². The van der Waals surface area contributed by atoms with Gasteiger partial charge in [-0.15, -0.1) is 0 Å². The number of rotatable bonds is 4. The van der Waals surface area contributed by atoms with Crippen LogP contribution in [0.3, 0.4) is 0 Å². The molecule has 4 heteroatoms. The number of nitrogens with one attached hydrogen (secondary N) is 1. The summed E-state index contributed by atoms with van der Waals surface area (Å²) >= 11 is 1.66. The van der Waals surface area contributed by atoms with Crippen LogP contribution in [0, 0.1) is 0 Å². The maximum absolute atomic E-state index is 8.99. The molecule has 0 unspecified atom stereocenters. The van der Waals surface area contributed by atoms with Crippen LogP contribution in [0.4, 0.5) is 5.13 Å². The minimum absolute atomic E-state index is 0.0889. The number of hydrogen-bond donors (Lipinski definition) is 2. The van der Waals surface area contributed by atoms with E-state index in [1.54, 1.807) is 11.3 Å². The van der Waals surface area contributed by atoms with Gasteiger partial charge in [-0.2, -0.15) is 0 Å². The van der Waals surface area contributed by atoms with Crippen molar-refractivity contribution in [2.75, 3.05) is 5.32 Å². The molecule has 0 bridgehead atoms. The molecule has 2 N–H and O–H groups in total. The lowest BCUT2D eigenvalue weighted by Crippen LogP contribution is -1.98. The van der Waals surface area contributed by atoms with Gasteiger partial charge in [-0.3, -0.25) is 0 Å². The zero-order chi connectivity index (χ0) is 13.1. The van der Waals surface area contributed by atoms with E-state index >= 15 is 0 Å². The maximum atomic E-state index is 8.99. The maximum Gasteiger partial charge on any atom is 0.184 e. The molecule has 1 aromatic heterocycles. The number of hydrogen-bond acceptors (Lipinski definition) is 4. The number of aromatic nitrogens is 1. The highest BCUT2D eigenvalue weighted by Crippen LogP contribution is 2.25. The summed E-state index contributed by atoms with van der Waals surface area (Å²) in [6.45, 7) is 0.830. The molecule has 0 atom stereocenters. The molecule has 0 saturated carbocycles. The van der Waals surface area contributed by atoms with Crippen molar-refractivity contribution in [3.05, 3.63) is 59.7 Å². The summed E-state index contributed by atoms with van der Waals surface area (Å²) in [5.74, 6) is 0. The lowest BCUT2D eigenvalue weighted by atomic mass is 10.1. The Kier molecular flexibility index (Phi) is 3.44. The third-order valence-corrected chi connectivity index (χ3v) is 3.94. The highest BCUT2D eigenvalue weighted by Gasteiger charge is 2.02. The Labute approximate surface area is 115 Å². The summed E-state index contributed by atoms with van der Waals surface area (Å²) in [5, 5.41) is 13.3. The lowest BCUT2D eigenvalue weighted by molar-refractivity contribution is 0.282. The highest BCUT2D eigenvalue weighted by molar-refractivity contribution is 7.22. The third-order valence-electron chi connectivity index (χ3n) is 2.94. The average Bonchev–Trinajstić information content (AvgIpc) is 2.88. The number of anilines is 1. The fourth-order valence-corrected chi connectivity index (χ4v) is 2.75. The van der Waals surface area contributed by atoms with Gasteiger partial charge in [0.05, 0.1) is 16.8 Å². The van der Waals surface area contributed by atoms with Gasteiger partial charge >= 0.3 is 0 Å². The van der Waals surface area contributed by atoms with Gasteiger partial charge in [0, 0.05) is 6.54 Å². The van der Waals surface area contributed by atoms with Crippen molar-refractivity contribution in [3.63, 3.8) is 0 Å². The van der Waals surface area contributed by atoms with Crippen LogP contribution in [0.5, 0.6) is 0 Å². The summed E-state index contributed by atoms with van der Waals surface area (Å²) in [7, 11) is 0. The first-order chi connectivity index (χ1) is 9.35. The predicted molar refractivity (Wildman–Crippen MR) is 79.3 cm³/mol. The largest absolute Gasteiger partial charge is 0.392 e. The zero-order valence-electron chi connectivity index (χ0n) is 10.3. The Morgan fingerprint density at radius 1 is 1.00 bits per heavy atom. The van der Waals surface area contributed by atoms with Gasteiger partial charge in [-0.25, -0.2) is 4.98 Å². The molecule has 0 aliphatic heterocycles. The van der Waals surface area contributed by atoms with Gasteiger partial charge in [-0.1, -0.05) is 47.7 Å². The minimum atomic E-state index is 0.0889. The lowest BCUT2D eigenvalue weighted by Gasteiger charge is -2.03. The number of nitrogens with zero attached hydrogens (tertiary/aromatic N) is 1. The quantitative estimate of drug-likeness (QED) is 0.763. The van der Waals surface area contributed by atoms with Crippen molar-refractivity contribution in [1.82, 2.24) is 4.98 Å². The van der Waals surface area contributed by atoms with Crippen LogP contribution in [0.25, 0.3) is 10.2 Å². The zero-order valence-corrected chi connectivity index (χ0v) is 11.2. The van der Waals surface area contributed by atoms with Gasteiger partial charge < -0.3 is 10.4 Å². The van der Waals surface area contributed by atoms with E-state index in [9.17, 15) is 0 Å². The molecule has 0 radical (unpaired) electrons. The first-order valence-electron chi connectivity index (χ1n) is 6.13. The van der Waals surface area contributed by atoms with E-state index in [0.717, 1.165) is 22.8 Å². The fraction of sp³-hybridized carbons (Fsp3) is 0.133. The smallest absolute Gasteiger partial charge is 0.184 e. The van der Waals surface area contributed by atoms with E-state index in [2.05, 4.69) is 16.4 Å². The third kappa shape index (κ3) is 2.75. The molecule has 0 spiro atoms. The SMILES string of the molecule is OCc1ccc(CNc2nc3ccccc3s2)cc1. The van der Waals surface area contributed by atoms with Crippen LogP contribution in [0.2, 0.25) is 0 Å². The monoisotopic (exact) mass is 270 g/mol. The van der Waals surface area contributed by atoms with Crippen LogP contribution in [-0.4, -0.2) is 10.1 Å². The normalized spacial score (nSPS) is 10.8. The number of benzene rings is 2. The molecule has 0 amide bonds. The van der Waals surface area contributed by atoms with E-state index < -0.39 is 0 Å². The van der Waals surface area contributed by atoms with E-state index in [0.29, 0.717) is 0 Å². The Morgan fingerprint density at radius 2 is 1.74 bits per heavy atom. The van der Waals surface area contributed by atoms with E-state index in [-0.39, 0.29) is 6.61 Å². The Bertz CT molecular complexity index is 643. The Balaban J connectivity index is 1.70. The van der Waals surface area contributed by atoms with Gasteiger partial charge in [-0.05, 0) is 23.3 Å². The highest BCUT2D eigenvalue weighted by atomic mass is 32.1. The number of thiazole rings is 1. The molecule has 0 aliphatic carbocycles. The van der Waals surface area contributed by atoms with Crippen molar-refractivity contribution in [3.8, 4) is 0 Å². The summed E-state index contributed by atoms with van der Waals surface area (Å²) < 4.78 is 1.20. The van der Waals surface area contributed by atoms with Crippen LogP contribution in [0.1, 0.15) is 11.1 Å². The van der Waals surface area contributed by atoms with Crippen molar-refractivity contribution >= 4 is 26.7 Å². The first kappa shape index (κ1) is 12.1. The first-order valence-corrected chi connectivity index (χ1v) is 6.95. The van der Waals surface area contributed by atoms with Crippen molar-refractivity contribution < 1.29 is 5.11 Å². The van der Waals surface area contributed by atoms with Crippen LogP contribution < -0.4 is 5.32 Å². The molecule has 3 rings (SSSR count). The van der Waals surface area contributed by atoms with E-state index in [1.807, 2.05) is 42.5 Å². The van der Waals surface area contributed by atoms with Gasteiger partial charge in [0.15, 0.2) is 5.13 Å². The second-order valence-corrected chi connectivity index (χ2v) is 5.35. The van der Waals surface area contributed by atoms with Gasteiger partial charge in [0.1, 0.15) is 0 Å². The molecule has 3 nitrogen and oxygen atoms in total. The second kappa shape index (κ2) is 5.38. The summed E-state index contributed by atoms with van der Waals surface area (Å²) in [6.07, 6.45) is 0. The topological polar surface area (TPSA) is 45.1 Å². The van der Waals surface area contributed by atoms with E-state index in [1.165, 1.54) is 10.3 Å². The van der Waals surface area contributed by atoms with Crippen LogP contribution >= 0.6 is 11.3 Å². The molecule has 0 aliphatic rings. The molecule has 96 valence electrons. The molecular weight excluding hydrogens is 256 g/mol. The Hall–Kier alpha value is -1.91. The molecule has 2 aromatic carbocycles. The van der Waals surface area contributed by atoms with Gasteiger partial charge in [0.2, 0.25) is 0 Å².